The maximum absolute atomic E-state index is 13.6. The molecule has 2 unspecified atom stereocenters. The maximum atomic E-state index is 13.6. The topological polar surface area (TPSA) is 109 Å². The van der Waals surface area contributed by atoms with Gasteiger partial charge in [-0.3, -0.25) is 9.59 Å². The number of ether oxygens (including phenoxy) is 2. The third-order valence-corrected chi connectivity index (χ3v) is 7.85. The summed E-state index contributed by atoms with van der Waals surface area (Å²) in [5, 5.41) is 21.4. The summed E-state index contributed by atoms with van der Waals surface area (Å²) in [6.07, 6.45) is 1.74. The number of hydrogen-bond donors (Lipinski definition) is 2. The lowest BCUT2D eigenvalue weighted by atomic mass is 9.86. The molecule has 0 saturated heterocycles. The van der Waals surface area contributed by atoms with Gasteiger partial charge >= 0.3 is 5.97 Å². The van der Waals surface area contributed by atoms with Gasteiger partial charge in [-0.25, -0.2) is 0 Å². The second kappa shape index (κ2) is 10.6. The van der Waals surface area contributed by atoms with Crippen LogP contribution in [0.4, 0.5) is 5.69 Å². The first-order valence-corrected chi connectivity index (χ1v) is 12.9. The molecule has 1 amide bonds. The highest BCUT2D eigenvalue weighted by Gasteiger charge is 2.67. The molecule has 7 nitrogen and oxygen atoms in total. The molecule has 2 N–H and O–H groups in total. The van der Waals surface area contributed by atoms with Crippen LogP contribution in [-0.2, 0) is 28.0 Å². The van der Waals surface area contributed by atoms with Crippen molar-refractivity contribution in [1.29, 1.82) is 5.26 Å². The standard InChI is InChI=1S/C31H30N2O5/c1-20-29(30(36)33-26-16-22(18-32)10-11-23(26)8-5-9-28(34)35)31(20)14-15-37-27-17-24(12-13-25(27)31)38-19-21-6-3-2-4-7-21/h2-4,6-7,10-13,16-17,20,29H,5,8-9,14-15,19H2,1H3,(H,33,36)(H,34,35)/t20?,29?,31-/m0/s1. The van der Waals surface area contributed by atoms with Crippen molar-refractivity contribution in [1.82, 2.24) is 0 Å². The van der Waals surface area contributed by atoms with Gasteiger partial charge < -0.3 is 19.9 Å². The third kappa shape index (κ3) is 4.95. The van der Waals surface area contributed by atoms with Crippen LogP contribution in [0.1, 0.15) is 48.4 Å². The quantitative estimate of drug-likeness (QED) is 0.395. The number of aliphatic carboxylic acids is 1. The largest absolute Gasteiger partial charge is 0.493 e. The van der Waals surface area contributed by atoms with E-state index in [2.05, 4.69) is 18.3 Å². The molecule has 2 aliphatic rings. The van der Waals surface area contributed by atoms with Crippen LogP contribution in [0.5, 0.6) is 11.5 Å². The van der Waals surface area contributed by atoms with E-state index in [1.807, 2.05) is 48.5 Å². The SMILES string of the molecule is CC1C(C(=O)Nc2cc(C#N)ccc2CCCC(=O)O)[C@@]12CCOc1cc(OCc3ccccc3)ccc12. The average Bonchev–Trinajstić information content (AvgIpc) is 3.51. The molecule has 3 atom stereocenters. The maximum Gasteiger partial charge on any atom is 0.303 e. The Balaban J connectivity index is 1.33. The summed E-state index contributed by atoms with van der Waals surface area (Å²) >= 11 is 0. The highest BCUT2D eigenvalue weighted by atomic mass is 16.5. The summed E-state index contributed by atoms with van der Waals surface area (Å²) in [6, 6.07) is 23.1. The van der Waals surface area contributed by atoms with Gasteiger partial charge in [0.05, 0.1) is 24.2 Å². The number of carboxylic acid groups (broad SMARTS) is 1. The predicted molar refractivity (Wildman–Crippen MR) is 142 cm³/mol. The van der Waals surface area contributed by atoms with Crippen molar-refractivity contribution in [3.63, 3.8) is 0 Å². The molecule has 5 rings (SSSR count). The molecule has 3 aromatic rings. The van der Waals surface area contributed by atoms with Gasteiger partial charge in [-0.15, -0.1) is 0 Å². The Morgan fingerprint density at radius 3 is 2.74 bits per heavy atom. The van der Waals surface area contributed by atoms with Gasteiger partial charge in [-0.05, 0) is 54.5 Å². The van der Waals surface area contributed by atoms with Crippen molar-refractivity contribution in [2.24, 2.45) is 11.8 Å². The number of nitrogens with zero attached hydrogens (tertiary/aromatic N) is 1. The van der Waals surface area contributed by atoms with E-state index in [4.69, 9.17) is 14.6 Å². The van der Waals surface area contributed by atoms with Gasteiger partial charge in [0.25, 0.3) is 0 Å². The van der Waals surface area contributed by atoms with Crippen molar-refractivity contribution >= 4 is 17.6 Å². The summed E-state index contributed by atoms with van der Waals surface area (Å²) in [6.45, 7) is 3.08. The number of aryl methyl sites for hydroxylation is 1. The molecule has 38 heavy (non-hydrogen) atoms. The van der Waals surface area contributed by atoms with Gasteiger partial charge in [0.1, 0.15) is 18.1 Å². The number of carbonyl (C=O) groups excluding carboxylic acids is 1. The van der Waals surface area contributed by atoms with Crippen LogP contribution < -0.4 is 14.8 Å². The fraction of sp³-hybridized carbons (Fsp3) is 0.323. The number of nitriles is 1. The van der Waals surface area contributed by atoms with Crippen LogP contribution in [0.15, 0.2) is 66.7 Å². The van der Waals surface area contributed by atoms with E-state index in [9.17, 15) is 14.9 Å². The van der Waals surface area contributed by atoms with E-state index in [0.29, 0.717) is 37.3 Å². The molecule has 7 heteroatoms. The molecule has 0 radical (unpaired) electrons. The molecule has 0 aromatic heterocycles. The summed E-state index contributed by atoms with van der Waals surface area (Å²) in [5.74, 6) is 0.409. The summed E-state index contributed by atoms with van der Waals surface area (Å²) in [5.41, 5.74) is 3.64. The van der Waals surface area contributed by atoms with Crippen LogP contribution in [0, 0.1) is 23.2 Å². The molecule has 1 aliphatic heterocycles. The lowest BCUT2D eigenvalue weighted by molar-refractivity contribution is -0.137. The fourth-order valence-corrected chi connectivity index (χ4v) is 5.81. The Kier molecular flexibility index (Phi) is 7.06. The van der Waals surface area contributed by atoms with Crippen LogP contribution in [0.2, 0.25) is 0 Å². The zero-order chi connectivity index (χ0) is 26.7. The zero-order valence-corrected chi connectivity index (χ0v) is 21.3. The summed E-state index contributed by atoms with van der Waals surface area (Å²) in [7, 11) is 0. The number of amides is 1. The minimum Gasteiger partial charge on any atom is -0.493 e. The van der Waals surface area contributed by atoms with Crippen molar-refractivity contribution in [3.8, 4) is 17.6 Å². The number of carboxylic acids is 1. The molecule has 1 aliphatic carbocycles. The number of rotatable bonds is 9. The van der Waals surface area contributed by atoms with Crippen LogP contribution in [0.25, 0.3) is 0 Å². The Labute approximate surface area is 222 Å². The predicted octanol–water partition coefficient (Wildman–Crippen LogP) is 5.47. The highest BCUT2D eigenvalue weighted by Crippen LogP contribution is 2.65. The Hall–Kier alpha value is -4.31. The van der Waals surface area contributed by atoms with Crippen LogP contribution in [-0.4, -0.2) is 23.6 Å². The Morgan fingerprint density at radius 1 is 1.16 bits per heavy atom. The molecular formula is C31H30N2O5. The first kappa shape index (κ1) is 25.3. The minimum absolute atomic E-state index is 0.0456. The van der Waals surface area contributed by atoms with Crippen molar-refractivity contribution in [3.05, 3.63) is 89.0 Å². The molecule has 1 spiro atoms. The van der Waals surface area contributed by atoms with E-state index in [-0.39, 0.29) is 29.6 Å². The number of carbonyl (C=O) groups is 2. The minimum atomic E-state index is -0.857. The summed E-state index contributed by atoms with van der Waals surface area (Å²) in [4.78, 5) is 24.5. The van der Waals surface area contributed by atoms with Crippen molar-refractivity contribution < 1.29 is 24.2 Å². The summed E-state index contributed by atoms with van der Waals surface area (Å²) < 4.78 is 12.0. The Bertz CT molecular complexity index is 1400. The van der Waals surface area contributed by atoms with E-state index in [0.717, 1.165) is 34.6 Å². The van der Waals surface area contributed by atoms with E-state index >= 15 is 0 Å². The van der Waals surface area contributed by atoms with E-state index in [1.165, 1.54) is 0 Å². The number of anilines is 1. The number of benzene rings is 3. The Morgan fingerprint density at radius 2 is 1.97 bits per heavy atom. The van der Waals surface area contributed by atoms with E-state index in [1.54, 1.807) is 18.2 Å². The van der Waals surface area contributed by atoms with Crippen LogP contribution in [0.3, 0.4) is 0 Å². The first-order valence-electron chi connectivity index (χ1n) is 12.9. The molecular weight excluding hydrogens is 480 g/mol. The monoisotopic (exact) mass is 510 g/mol. The molecule has 1 fully saturated rings. The number of nitrogens with one attached hydrogen (secondary N) is 1. The fourth-order valence-electron chi connectivity index (χ4n) is 5.81. The normalized spacial score (nSPS) is 21.1. The molecule has 1 saturated carbocycles. The molecule has 3 aromatic carbocycles. The lowest BCUT2D eigenvalue weighted by Crippen LogP contribution is -2.27. The smallest absolute Gasteiger partial charge is 0.303 e. The number of fused-ring (bicyclic) bond motifs is 2. The van der Waals surface area contributed by atoms with Crippen molar-refractivity contribution in [2.45, 2.75) is 44.6 Å². The van der Waals surface area contributed by atoms with Gasteiger partial charge in [0.15, 0.2) is 0 Å². The second-order valence-corrected chi connectivity index (χ2v) is 10.1. The lowest BCUT2D eigenvalue weighted by Gasteiger charge is -2.28. The first-order chi connectivity index (χ1) is 18.4. The molecule has 1 heterocycles. The average molecular weight is 511 g/mol. The second-order valence-electron chi connectivity index (χ2n) is 10.1. The van der Waals surface area contributed by atoms with Gasteiger partial charge in [0.2, 0.25) is 5.91 Å². The van der Waals surface area contributed by atoms with Gasteiger partial charge in [0, 0.05) is 29.2 Å². The third-order valence-electron chi connectivity index (χ3n) is 7.85. The molecule has 0 bridgehead atoms. The van der Waals surface area contributed by atoms with Gasteiger partial charge in [-0.2, -0.15) is 5.26 Å². The van der Waals surface area contributed by atoms with Crippen LogP contribution >= 0.6 is 0 Å². The highest BCUT2D eigenvalue weighted by molar-refractivity contribution is 5.97. The zero-order valence-electron chi connectivity index (χ0n) is 21.3. The molecule has 194 valence electrons. The van der Waals surface area contributed by atoms with Crippen molar-refractivity contribution in [2.75, 3.05) is 11.9 Å². The van der Waals surface area contributed by atoms with E-state index < -0.39 is 5.97 Å². The number of hydrogen-bond acceptors (Lipinski definition) is 5. The van der Waals surface area contributed by atoms with Gasteiger partial charge in [-0.1, -0.05) is 49.4 Å².